The zero-order valence-electron chi connectivity index (χ0n) is 12.5. The van der Waals surface area contributed by atoms with E-state index in [0.29, 0.717) is 16.6 Å². The SMILES string of the molecule is N#Cc1ccc2c(c1)nc1nc(Nc3ccccc3C(F)(F)F)[nH]n12. The highest BCUT2D eigenvalue weighted by molar-refractivity contribution is 5.81. The van der Waals surface area contributed by atoms with Crippen molar-refractivity contribution in [2.75, 3.05) is 5.32 Å². The van der Waals surface area contributed by atoms with Crippen LogP contribution in [-0.2, 0) is 6.18 Å². The van der Waals surface area contributed by atoms with Crippen molar-refractivity contribution in [1.82, 2.24) is 19.6 Å². The molecule has 0 amide bonds. The third-order valence-corrected chi connectivity index (χ3v) is 3.68. The molecule has 2 N–H and O–H groups in total. The van der Waals surface area contributed by atoms with E-state index in [1.807, 2.05) is 6.07 Å². The lowest BCUT2D eigenvalue weighted by Crippen LogP contribution is -2.09. The van der Waals surface area contributed by atoms with Gasteiger partial charge in [0.2, 0.25) is 5.95 Å². The van der Waals surface area contributed by atoms with Crippen molar-refractivity contribution < 1.29 is 13.2 Å². The summed E-state index contributed by atoms with van der Waals surface area (Å²) in [6.07, 6.45) is -4.48. The van der Waals surface area contributed by atoms with Crippen LogP contribution in [0.4, 0.5) is 24.8 Å². The van der Waals surface area contributed by atoms with Gasteiger partial charge in [-0.25, -0.2) is 9.50 Å². The third kappa shape index (κ3) is 2.53. The van der Waals surface area contributed by atoms with Crippen molar-refractivity contribution in [3.63, 3.8) is 0 Å². The first-order valence-electron chi connectivity index (χ1n) is 7.17. The van der Waals surface area contributed by atoms with Gasteiger partial charge in [0.05, 0.1) is 33.9 Å². The molecule has 9 heteroatoms. The second kappa shape index (κ2) is 5.24. The Hall–Kier alpha value is -3.54. The van der Waals surface area contributed by atoms with Gasteiger partial charge >= 0.3 is 6.18 Å². The summed E-state index contributed by atoms with van der Waals surface area (Å²) >= 11 is 0. The van der Waals surface area contributed by atoms with Gasteiger partial charge in [-0.1, -0.05) is 12.1 Å². The van der Waals surface area contributed by atoms with Gasteiger partial charge in [0.1, 0.15) is 0 Å². The Morgan fingerprint density at radius 3 is 2.68 bits per heavy atom. The van der Waals surface area contributed by atoms with E-state index in [0.717, 1.165) is 6.07 Å². The van der Waals surface area contributed by atoms with Crippen molar-refractivity contribution in [2.24, 2.45) is 0 Å². The summed E-state index contributed by atoms with van der Waals surface area (Å²) in [5.41, 5.74) is 0.806. The fourth-order valence-electron chi connectivity index (χ4n) is 2.58. The minimum absolute atomic E-state index is 0.108. The predicted octanol–water partition coefficient (Wildman–Crippen LogP) is 3.84. The molecule has 0 aliphatic heterocycles. The Morgan fingerprint density at radius 2 is 1.92 bits per heavy atom. The van der Waals surface area contributed by atoms with Gasteiger partial charge in [-0.3, -0.25) is 5.10 Å². The summed E-state index contributed by atoms with van der Waals surface area (Å²) < 4.78 is 40.7. The molecule has 2 heterocycles. The molecule has 4 aromatic rings. The summed E-state index contributed by atoms with van der Waals surface area (Å²) in [6, 6.07) is 12.1. The molecule has 0 radical (unpaired) electrons. The van der Waals surface area contributed by atoms with E-state index >= 15 is 0 Å². The van der Waals surface area contributed by atoms with E-state index in [1.165, 1.54) is 22.7 Å². The van der Waals surface area contributed by atoms with Gasteiger partial charge in [-0.05, 0) is 30.3 Å². The number of imidazole rings is 1. The Balaban J connectivity index is 1.76. The number of rotatable bonds is 2. The number of hydrogen-bond donors (Lipinski definition) is 2. The molecule has 0 saturated carbocycles. The molecular weight excluding hydrogens is 333 g/mol. The van der Waals surface area contributed by atoms with Gasteiger partial charge in [0.25, 0.3) is 5.78 Å². The predicted molar refractivity (Wildman–Crippen MR) is 84.3 cm³/mol. The number of alkyl halides is 3. The molecule has 0 aliphatic rings. The number of aromatic nitrogens is 4. The lowest BCUT2D eigenvalue weighted by atomic mass is 10.1. The van der Waals surface area contributed by atoms with Crippen LogP contribution in [0.1, 0.15) is 11.1 Å². The minimum Gasteiger partial charge on any atom is -0.324 e. The largest absolute Gasteiger partial charge is 0.418 e. The van der Waals surface area contributed by atoms with Gasteiger partial charge in [-0.2, -0.15) is 23.4 Å². The number of hydrogen-bond acceptors (Lipinski definition) is 4. The second-order valence-corrected chi connectivity index (χ2v) is 5.30. The topological polar surface area (TPSA) is 81.8 Å². The molecule has 0 aliphatic carbocycles. The molecule has 4 rings (SSSR count). The van der Waals surface area contributed by atoms with E-state index in [1.54, 1.807) is 18.2 Å². The molecular formula is C16H9F3N6. The number of halogens is 3. The van der Waals surface area contributed by atoms with Crippen molar-refractivity contribution in [3.8, 4) is 6.07 Å². The van der Waals surface area contributed by atoms with Gasteiger partial charge in [-0.15, -0.1) is 0 Å². The van der Waals surface area contributed by atoms with Crippen molar-refractivity contribution in [1.29, 1.82) is 5.26 Å². The van der Waals surface area contributed by atoms with Crippen LogP contribution in [0.5, 0.6) is 0 Å². The maximum Gasteiger partial charge on any atom is 0.418 e. The standard InChI is InChI=1S/C16H9F3N6/c17-16(18,19)10-3-1-2-4-11(10)21-14-23-15-22-12-7-9(8-20)5-6-13(12)25(15)24-14/h1-7H,(H2,21,22,23,24). The Kier molecular flexibility index (Phi) is 3.15. The third-order valence-electron chi connectivity index (χ3n) is 3.68. The summed E-state index contributed by atoms with van der Waals surface area (Å²) in [7, 11) is 0. The number of H-pyrrole nitrogens is 1. The first-order valence-corrected chi connectivity index (χ1v) is 7.17. The number of nitriles is 1. The molecule has 0 saturated heterocycles. The van der Waals surface area contributed by atoms with Crippen molar-refractivity contribution >= 4 is 28.4 Å². The summed E-state index contributed by atoms with van der Waals surface area (Å²) in [4.78, 5) is 8.42. The second-order valence-electron chi connectivity index (χ2n) is 5.30. The molecule has 0 unspecified atom stereocenters. The lowest BCUT2D eigenvalue weighted by Gasteiger charge is -2.12. The quantitative estimate of drug-likeness (QED) is 0.580. The maximum absolute atomic E-state index is 13.1. The molecule has 0 fully saturated rings. The maximum atomic E-state index is 13.1. The number of fused-ring (bicyclic) bond motifs is 3. The highest BCUT2D eigenvalue weighted by atomic mass is 19.4. The number of nitrogens with zero attached hydrogens (tertiary/aromatic N) is 4. The van der Waals surface area contributed by atoms with Crippen LogP contribution in [0, 0.1) is 11.3 Å². The normalized spacial score (nSPS) is 11.8. The lowest BCUT2D eigenvalue weighted by molar-refractivity contribution is -0.136. The van der Waals surface area contributed by atoms with Crippen LogP contribution >= 0.6 is 0 Å². The number of para-hydroxylation sites is 1. The van der Waals surface area contributed by atoms with Gasteiger partial charge in [0.15, 0.2) is 0 Å². The molecule has 2 aromatic heterocycles. The number of benzene rings is 2. The van der Waals surface area contributed by atoms with E-state index in [4.69, 9.17) is 5.26 Å². The van der Waals surface area contributed by atoms with Crippen molar-refractivity contribution in [2.45, 2.75) is 6.18 Å². The van der Waals surface area contributed by atoms with Crippen LogP contribution in [0.3, 0.4) is 0 Å². The van der Waals surface area contributed by atoms with E-state index in [2.05, 4.69) is 20.4 Å². The zero-order valence-corrected chi connectivity index (χ0v) is 12.5. The van der Waals surface area contributed by atoms with Crippen LogP contribution in [0.2, 0.25) is 0 Å². The Bertz CT molecular complexity index is 1130. The molecule has 124 valence electrons. The van der Waals surface area contributed by atoms with Crippen LogP contribution < -0.4 is 5.32 Å². The molecule has 2 aromatic carbocycles. The summed E-state index contributed by atoms with van der Waals surface area (Å²) in [5.74, 6) is 0.419. The fraction of sp³-hybridized carbons (Fsp3) is 0.0625. The van der Waals surface area contributed by atoms with E-state index < -0.39 is 11.7 Å². The van der Waals surface area contributed by atoms with E-state index in [9.17, 15) is 13.2 Å². The first-order chi connectivity index (χ1) is 12.0. The smallest absolute Gasteiger partial charge is 0.324 e. The average molecular weight is 342 g/mol. The highest BCUT2D eigenvalue weighted by Gasteiger charge is 2.33. The van der Waals surface area contributed by atoms with Gasteiger partial charge < -0.3 is 5.32 Å². The minimum atomic E-state index is -4.48. The van der Waals surface area contributed by atoms with Gasteiger partial charge in [0, 0.05) is 0 Å². The molecule has 0 bridgehead atoms. The summed E-state index contributed by atoms with van der Waals surface area (Å²) in [6.45, 7) is 0. The van der Waals surface area contributed by atoms with E-state index in [-0.39, 0.29) is 17.4 Å². The Morgan fingerprint density at radius 1 is 1.12 bits per heavy atom. The average Bonchev–Trinajstić information content (AvgIpc) is 3.10. The van der Waals surface area contributed by atoms with Crippen LogP contribution in [-0.4, -0.2) is 19.6 Å². The number of aromatic amines is 1. The summed E-state index contributed by atoms with van der Waals surface area (Å²) in [5, 5.41) is 14.4. The van der Waals surface area contributed by atoms with Crippen molar-refractivity contribution in [3.05, 3.63) is 53.6 Å². The number of nitrogens with one attached hydrogen (secondary N) is 2. The zero-order chi connectivity index (χ0) is 17.6. The number of anilines is 2. The van der Waals surface area contributed by atoms with Crippen LogP contribution in [0.15, 0.2) is 42.5 Å². The highest BCUT2D eigenvalue weighted by Crippen LogP contribution is 2.35. The Labute approximate surface area is 138 Å². The fourth-order valence-corrected chi connectivity index (χ4v) is 2.58. The monoisotopic (exact) mass is 342 g/mol. The molecule has 6 nitrogen and oxygen atoms in total. The molecule has 25 heavy (non-hydrogen) atoms. The van der Waals surface area contributed by atoms with Crippen LogP contribution in [0.25, 0.3) is 16.8 Å². The molecule has 0 spiro atoms. The molecule has 0 atom stereocenters. The first kappa shape index (κ1) is 15.0.